The Morgan fingerprint density at radius 3 is 2.71 bits per heavy atom. The molecule has 1 saturated carbocycles. The van der Waals surface area contributed by atoms with Gasteiger partial charge >= 0.3 is 0 Å². The first-order valence-corrected chi connectivity index (χ1v) is 9.20. The molecule has 0 saturated heterocycles. The average Bonchev–Trinajstić information content (AvgIpc) is 3.02. The smallest absolute Gasteiger partial charge is 0.106 e. The predicted octanol–water partition coefficient (Wildman–Crippen LogP) is 5.77. The van der Waals surface area contributed by atoms with Crippen LogP contribution in [0.1, 0.15) is 65.4 Å². The van der Waals surface area contributed by atoms with Crippen molar-refractivity contribution in [2.45, 2.75) is 66.2 Å². The molecule has 0 aromatic carbocycles. The van der Waals surface area contributed by atoms with E-state index in [1.165, 1.54) is 30.4 Å². The second-order valence-electron chi connectivity index (χ2n) is 8.47. The molecule has 0 aliphatic heterocycles. The SMILES string of the molecule is CO/N=C1/C[C@H]2C(C)(C)CCC[C@]2(C)C(CCc2ccoc2)=C1C. The van der Waals surface area contributed by atoms with Gasteiger partial charge in [-0.15, -0.1) is 0 Å². The van der Waals surface area contributed by atoms with Crippen LogP contribution in [-0.4, -0.2) is 12.8 Å². The third-order valence-electron chi connectivity index (χ3n) is 6.65. The van der Waals surface area contributed by atoms with Crippen molar-refractivity contribution in [2.75, 3.05) is 7.11 Å². The van der Waals surface area contributed by atoms with Crippen molar-refractivity contribution < 1.29 is 9.25 Å². The summed E-state index contributed by atoms with van der Waals surface area (Å²) >= 11 is 0. The Morgan fingerprint density at radius 2 is 2.04 bits per heavy atom. The summed E-state index contributed by atoms with van der Waals surface area (Å²) in [7, 11) is 1.66. The molecule has 1 heterocycles. The Kier molecular flexibility index (Phi) is 4.63. The molecule has 0 spiro atoms. The van der Waals surface area contributed by atoms with Crippen molar-refractivity contribution in [3.63, 3.8) is 0 Å². The van der Waals surface area contributed by atoms with Crippen LogP contribution in [-0.2, 0) is 11.3 Å². The number of oxime groups is 1. The van der Waals surface area contributed by atoms with Crippen LogP contribution >= 0.6 is 0 Å². The number of rotatable bonds is 4. The van der Waals surface area contributed by atoms with Gasteiger partial charge in [0.05, 0.1) is 18.2 Å². The highest BCUT2D eigenvalue weighted by Gasteiger charge is 2.51. The summed E-state index contributed by atoms with van der Waals surface area (Å²) in [6.07, 6.45) is 10.7. The third-order valence-corrected chi connectivity index (χ3v) is 6.65. The predicted molar refractivity (Wildman–Crippen MR) is 98.0 cm³/mol. The summed E-state index contributed by atoms with van der Waals surface area (Å²) in [5, 5.41) is 4.39. The molecule has 0 unspecified atom stereocenters. The summed E-state index contributed by atoms with van der Waals surface area (Å²) in [6.45, 7) is 9.61. The van der Waals surface area contributed by atoms with Crippen LogP contribution in [0.15, 0.2) is 39.3 Å². The lowest BCUT2D eigenvalue weighted by molar-refractivity contribution is 0.0254. The van der Waals surface area contributed by atoms with E-state index in [0.717, 1.165) is 25.0 Å². The van der Waals surface area contributed by atoms with Crippen molar-refractivity contribution in [3.8, 4) is 0 Å². The van der Waals surface area contributed by atoms with Gasteiger partial charge < -0.3 is 9.25 Å². The molecular weight excluding hydrogens is 298 g/mol. The first-order valence-electron chi connectivity index (χ1n) is 9.20. The van der Waals surface area contributed by atoms with Crippen molar-refractivity contribution in [3.05, 3.63) is 35.3 Å². The standard InChI is InChI=1S/C21H31NO2/c1-15-17(8-7-16-9-12-24-14-16)21(4)11-6-10-20(2,3)19(21)13-18(15)22-23-5/h9,12,14,19H,6-8,10-11,13H2,1-5H3/b22-18-/t19-,21+/m0/s1. The van der Waals surface area contributed by atoms with Gasteiger partial charge in [0.25, 0.3) is 0 Å². The van der Waals surface area contributed by atoms with Crippen LogP contribution in [0.25, 0.3) is 0 Å². The zero-order valence-electron chi connectivity index (χ0n) is 15.8. The largest absolute Gasteiger partial charge is 0.472 e. The van der Waals surface area contributed by atoms with Crippen LogP contribution in [0.2, 0.25) is 0 Å². The highest BCUT2D eigenvalue weighted by atomic mass is 16.6. The molecule has 2 atom stereocenters. The number of hydrogen-bond acceptors (Lipinski definition) is 3. The van der Waals surface area contributed by atoms with Gasteiger partial charge in [0, 0.05) is 0 Å². The van der Waals surface area contributed by atoms with Gasteiger partial charge in [-0.3, -0.25) is 0 Å². The number of aryl methyl sites for hydroxylation is 1. The monoisotopic (exact) mass is 329 g/mol. The maximum Gasteiger partial charge on any atom is 0.106 e. The topological polar surface area (TPSA) is 34.7 Å². The molecule has 2 aliphatic rings. The molecule has 0 radical (unpaired) electrons. The lowest BCUT2D eigenvalue weighted by Crippen LogP contribution is -2.47. The second kappa shape index (κ2) is 6.42. The Balaban J connectivity index is 1.99. The van der Waals surface area contributed by atoms with E-state index in [2.05, 4.69) is 38.9 Å². The highest BCUT2D eigenvalue weighted by Crippen LogP contribution is 2.59. The fourth-order valence-electron chi connectivity index (χ4n) is 5.33. The Labute approximate surface area is 146 Å². The maximum atomic E-state index is 5.25. The molecule has 3 heteroatoms. The van der Waals surface area contributed by atoms with Gasteiger partial charge in [-0.05, 0) is 73.0 Å². The van der Waals surface area contributed by atoms with E-state index in [0.29, 0.717) is 11.3 Å². The first-order chi connectivity index (χ1) is 11.4. The van der Waals surface area contributed by atoms with E-state index in [9.17, 15) is 0 Å². The summed E-state index contributed by atoms with van der Waals surface area (Å²) in [5.41, 5.74) is 6.00. The average molecular weight is 329 g/mol. The lowest BCUT2D eigenvalue weighted by Gasteiger charge is -2.55. The van der Waals surface area contributed by atoms with Crippen molar-refractivity contribution >= 4 is 5.71 Å². The summed E-state index contributed by atoms with van der Waals surface area (Å²) in [5.74, 6) is 0.635. The van der Waals surface area contributed by atoms with Crippen LogP contribution < -0.4 is 0 Å². The molecule has 132 valence electrons. The number of nitrogens with zero attached hydrogens (tertiary/aromatic N) is 1. The molecule has 0 bridgehead atoms. The van der Waals surface area contributed by atoms with Gasteiger partial charge in [-0.25, -0.2) is 0 Å². The molecule has 1 aromatic rings. The number of furan rings is 1. The molecule has 2 aliphatic carbocycles. The minimum atomic E-state index is 0.280. The summed E-state index contributed by atoms with van der Waals surface area (Å²) in [6, 6.07) is 2.08. The van der Waals surface area contributed by atoms with Gasteiger partial charge in [0.2, 0.25) is 0 Å². The van der Waals surface area contributed by atoms with Crippen LogP contribution in [0.5, 0.6) is 0 Å². The maximum absolute atomic E-state index is 5.25. The zero-order chi connectivity index (χ0) is 17.4. The second-order valence-corrected chi connectivity index (χ2v) is 8.47. The minimum absolute atomic E-state index is 0.280. The third kappa shape index (κ3) is 2.94. The molecule has 24 heavy (non-hydrogen) atoms. The van der Waals surface area contributed by atoms with E-state index in [4.69, 9.17) is 9.25 Å². The van der Waals surface area contributed by atoms with E-state index < -0.39 is 0 Å². The van der Waals surface area contributed by atoms with Gasteiger partial charge in [-0.2, -0.15) is 0 Å². The molecule has 1 fully saturated rings. The quantitative estimate of drug-likeness (QED) is 0.657. The van der Waals surface area contributed by atoms with E-state index >= 15 is 0 Å². The van der Waals surface area contributed by atoms with E-state index in [1.807, 2.05) is 6.26 Å². The first kappa shape index (κ1) is 17.3. The minimum Gasteiger partial charge on any atom is -0.472 e. The van der Waals surface area contributed by atoms with Gasteiger partial charge in [-0.1, -0.05) is 37.9 Å². The Morgan fingerprint density at radius 1 is 1.25 bits per heavy atom. The van der Waals surface area contributed by atoms with Gasteiger partial charge in [0.15, 0.2) is 0 Å². The number of allylic oxidation sites excluding steroid dienone is 2. The fourth-order valence-corrected chi connectivity index (χ4v) is 5.33. The summed E-state index contributed by atoms with van der Waals surface area (Å²) in [4.78, 5) is 5.17. The molecular formula is C21H31NO2. The zero-order valence-corrected chi connectivity index (χ0v) is 15.8. The highest BCUT2D eigenvalue weighted by molar-refractivity contribution is 6.01. The molecule has 0 N–H and O–H groups in total. The molecule has 0 amide bonds. The Bertz CT molecular complexity index is 639. The van der Waals surface area contributed by atoms with Crippen molar-refractivity contribution in [1.82, 2.24) is 0 Å². The van der Waals surface area contributed by atoms with Crippen LogP contribution in [0.3, 0.4) is 0 Å². The molecule has 3 nitrogen and oxygen atoms in total. The summed E-state index contributed by atoms with van der Waals surface area (Å²) < 4.78 is 5.25. The van der Waals surface area contributed by atoms with Crippen LogP contribution in [0, 0.1) is 16.7 Å². The number of fused-ring (bicyclic) bond motifs is 1. The normalized spacial score (nSPS) is 31.2. The van der Waals surface area contributed by atoms with Crippen molar-refractivity contribution in [1.29, 1.82) is 0 Å². The molecule has 3 rings (SSSR count). The van der Waals surface area contributed by atoms with Crippen LogP contribution in [0.4, 0.5) is 0 Å². The Hall–Kier alpha value is -1.51. The lowest BCUT2D eigenvalue weighted by atomic mass is 9.49. The van der Waals surface area contributed by atoms with E-state index in [1.54, 1.807) is 18.9 Å². The fraction of sp³-hybridized carbons (Fsp3) is 0.667. The molecule has 1 aromatic heterocycles. The van der Waals surface area contributed by atoms with Gasteiger partial charge in [0.1, 0.15) is 7.11 Å². The van der Waals surface area contributed by atoms with Crippen molar-refractivity contribution in [2.24, 2.45) is 21.9 Å². The number of hydrogen-bond donors (Lipinski definition) is 0. The van der Waals surface area contributed by atoms with E-state index in [-0.39, 0.29) is 5.41 Å².